The van der Waals surface area contributed by atoms with Gasteiger partial charge in [0.25, 0.3) is 5.91 Å². The molecule has 0 unspecified atom stereocenters. The van der Waals surface area contributed by atoms with Crippen LogP contribution in [0, 0.1) is 0 Å². The van der Waals surface area contributed by atoms with Gasteiger partial charge in [0, 0.05) is 20.5 Å². The number of hydrogen-bond donors (Lipinski definition) is 0. The molecule has 0 saturated heterocycles. The van der Waals surface area contributed by atoms with Gasteiger partial charge < -0.3 is 9.74 Å². The van der Waals surface area contributed by atoms with Gasteiger partial charge in [0.2, 0.25) is 5.04 Å². The molecule has 14 heavy (non-hydrogen) atoms. The highest BCUT2D eigenvalue weighted by molar-refractivity contribution is 8.15. The molecule has 0 N–H and O–H groups in total. The number of amides is 1. The molecule has 0 spiro atoms. The minimum atomic E-state index is -0.455. The summed E-state index contributed by atoms with van der Waals surface area (Å²) in [5.41, 5.74) is 0. The molecule has 1 amide bonds. The van der Waals surface area contributed by atoms with E-state index in [4.69, 9.17) is 0 Å². The summed E-state index contributed by atoms with van der Waals surface area (Å²) in [6.07, 6.45) is 1.93. The highest BCUT2D eigenvalue weighted by Gasteiger charge is 2.13. The van der Waals surface area contributed by atoms with E-state index in [1.165, 1.54) is 4.90 Å². The maximum absolute atomic E-state index is 11.4. The van der Waals surface area contributed by atoms with E-state index >= 15 is 0 Å². The Morgan fingerprint density at radius 3 is 2.36 bits per heavy atom. The predicted molar refractivity (Wildman–Crippen MR) is 56.0 cm³/mol. The first kappa shape index (κ1) is 13.0. The van der Waals surface area contributed by atoms with E-state index in [0.717, 1.165) is 11.8 Å². The molecule has 0 heterocycles. The van der Waals surface area contributed by atoms with Gasteiger partial charge in [-0.3, -0.25) is 4.79 Å². The van der Waals surface area contributed by atoms with Crippen LogP contribution in [-0.4, -0.2) is 42.2 Å². The summed E-state index contributed by atoms with van der Waals surface area (Å²) in [6.45, 7) is 1.66. The molecule has 0 aliphatic carbocycles. The van der Waals surface area contributed by atoms with Crippen molar-refractivity contribution >= 4 is 28.7 Å². The predicted octanol–water partition coefficient (Wildman–Crippen LogP) is 0.704. The van der Waals surface area contributed by atoms with Crippen LogP contribution in [0.1, 0.15) is 13.3 Å². The van der Waals surface area contributed by atoms with Gasteiger partial charge in [-0.1, -0.05) is 12.1 Å². The molecular weight excluding hydrogens is 204 g/mol. The Hall–Kier alpha value is -1.04. The number of carbonyl (C=O) groups excluding carboxylic acids is 2. The molecule has 0 rings (SSSR count). The molecule has 6 heteroatoms. The Bertz CT molecular complexity index is 251. The average molecular weight is 218 g/mol. The van der Waals surface area contributed by atoms with Crippen molar-refractivity contribution in [1.82, 2.24) is 4.90 Å². The summed E-state index contributed by atoms with van der Waals surface area (Å²) in [4.78, 5) is 28.0. The maximum Gasteiger partial charge on any atom is 0.334 e. The quantitative estimate of drug-likeness (QED) is 0.296. The van der Waals surface area contributed by atoms with Gasteiger partial charge in [0.15, 0.2) is 0 Å². The number of thioether (sulfide) groups is 1. The lowest BCUT2D eigenvalue weighted by molar-refractivity contribution is -0.143. The second kappa shape index (κ2) is 6.42. The van der Waals surface area contributed by atoms with Crippen LogP contribution in [0.4, 0.5) is 0 Å². The average Bonchev–Trinajstić information content (AvgIpc) is 2.17. The Morgan fingerprint density at radius 1 is 1.43 bits per heavy atom. The van der Waals surface area contributed by atoms with Crippen LogP contribution in [0.15, 0.2) is 5.16 Å². The first-order chi connectivity index (χ1) is 6.52. The van der Waals surface area contributed by atoms with Crippen LogP contribution >= 0.6 is 11.8 Å². The van der Waals surface area contributed by atoms with E-state index in [9.17, 15) is 9.59 Å². The van der Waals surface area contributed by atoms with E-state index in [2.05, 4.69) is 9.99 Å². The van der Waals surface area contributed by atoms with Crippen molar-refractivity contribution < 1.29 is 14.4 Å². The van der Waals surface area contributed by atoms with Crippen molar-refractivity contribution in [2.45, 2.75) is 13.3 Å². The second-order valence-corrected chi connectivity index (χ2v) is 3.41. The lowest BCUT2D eigenvalue weighted by atomic mass is 10.5. The fraction of sp³-hybridized carbons (Fsp3) is 0.625. The van der Waals surface area contributed by atoms with Crippen molar-refractivity contribution in [2.24, 2.45) is 5.16 Å². The Balaban J connectivity index is 4.40. The van der Waals surface area contributed by atoms with Crippen LogP contribution < -0.4 is 0 Å². The largest absolute Gasteiger partial charge is 0.343 e. The smallest absolute Gasteiger partial charge is 0.334 e. The number of rotatable bonds is 2. The van der Waals surface area contributed by atoms with Crippen LogP contribution in [0.25, 0.3) is 0 Å². The molecule has 0 aromatic carbocycles. The highest BCUT2D eigenvalue weighted by Crippen LogP contribution is 2.02. The third-order valence-electron chi connectivity index (χ3n) is 1.30. The summed E-state index contributed by atoms with van der Waals surface area (Å²) < 4.78 is 0. The maximum atomic E-state index is 11.4. The Morgan fingerprint density at radius 2 is 2.00 bits per heavy atom. The zero-order valence-electron chi connectivity index (χ0n) is 8.73. The fourth-order valence-corrected chi connectivity index (χ4v) is 0.981. The molecule has 0 aliphatic rings. The van der Waals surface area contributed by atoms with Crippen LogP contribution in [0.2, 0.25) is 0 Å². The molecule has 0 saturated carbocycles. The number of oxime groups is 1. The van der Waals surface area contributed by atoms with E-state index in [-0.39, 0.29) is 17.4 Å². The van der Waals surface area contributed by atoms with Gasteiger partial charge in [-0.25, -0.2) is 4.79 Å². The van der Waals surface area contributed by atoms with E-state index in [0.29, 0.717) is 0 Å². The third kappa shape index (κ3) is 4.27. The Kier molecular flexibility index (Phi) is 5.94. The van der Waals surface area contributed by atoms with Crippen molar-refractivity contribution in [2.75, 3.05) is 20.4 Å². The minimum Gasteiger partial charge on any atom is -0.343 e. The summed E-state index contributed by atoms with van der Waals surface area (Å²) in [7, 11) is 3.21. The molecule has 5 nitrogen and oxygen atoms in total. The van der Waals surface area contributed by atoms with Crippen LogP contribution in [-0.2, 0) is 14.4 Å². The normalized spacial score (nSPS) is 11.0. The minimum absolute atomic E-state index is 0.164. The van der Waals surface area contributed by atoms with Crippen molar-refractivity contribution in [3.63, 3.8) is 0 Å². The molecule has 0 bridgehead atoms. The van der Waals surface area contributed by atoms with Gasteiger partial charge in [-0.15, -0.1) is 11.8 Å². The van der Waals surface area contributed by atoms with Gasteiger partial charge in [-0.2, -0.15) is 0 Å². The molecule has 0 fully saturated rings. The van der Waals surface area contributed by atoms with E-state index < -0.39 is 5.97 Å². The zero-order valence-corrected chi connectivity index (χ0v) is 9.55. The van der Waals surface area contributed by atoms with Gasteiger partial charge in [0.1, 0.15) is 0 Å². The third-order valence-corrected chi connectivity index (χ3v) is 1.94. The molecule has 0 aromatic heterocycles. The van der Waals surface area contributed by atoms with Crippen LogP contribution in [0.5, 0.6) is 0 Å². The first-order valence-electron chi connectivity index (χ1n) is 4.06. The van der Waals surface area contributed by atoms with Gasteiger partial charge >= 0.3 is 5.97 Å². The standard InChI is InChI=1S/C8H14N2O3S/c1-5-6(11)13-9-7(14-4)8(12)10(2)3/h5H2,1-4H3/b9-7-. The molecule has 0 aliphatic heterocycles. The summed E-state index contributed by atoms with van der Waals surface area (Å²) in [5.74, 6) is -0.732. The monoisotopic (exact) mass is 218 g/mol. The molecular formula is C8H14N2O3S. The van der Waals surface area contributed by atoms with E-state index in [1.807, 2.05) is 0 Å². The molecule has 0 atom stereocenters. The van der Waals surface area contributed by atoms with Crippen molar-refractivity contribution in [1.29, 1.82) is 0 Å². The van der Waals surface area contributed by atoms with E-state index in [1.54, 1.807) is 27.3 Å². The second-order valence-electron chi connectivity index (χ2n) is 2.62. The summed E-state index contributed by atoms with van der Waals surface area (Å²) in [5, 5.41) is 3.64. The molecule has 0 aromatic rings. The fourth-order valence-electron chi connectivity index (χ4n) is 0.512. The lowest BCUT2D eigenvalue weighted by Crippen LogP contribution is -2.28. The highest BCUT2D eigenvalue weighted by atomic mass is 32.2. The SMILES string of the molecule is CCC(=O)O/N=C(\SC)C(=O)N(C)C. The van der Waals surface area contributed by atoms with Gasteiger partial charge in [-0.05, 0) is 6.26 Å². The number of hydrogen-bond acceptors (Lipinski definition) is 5. The number of nitrogens with zero attached hydrogens (tertiary/aromatic N) is 2. The molecule has 80 valence electrons. The number of carbonyl (C=O) groups is 2. The summed E-state index contributed by atoms with van der Waals surface area (Å²) >= 11 is 1.14. The topological polar surface area (TPSA) is 59.0 Å². The summed E-state index contributed by atoms with van der Waals surface area (Å²) in [6, 6.07) is 0. The first-order valence-corrected chi connectivity index (χ1v) is 5.28. The van der Waals surface area contributed by atoms with Crippen molar-refractivity contribution in [3.8, 4) is 0 Å². The molecule has 0 radical (unpaired) electrons. The van der Waals surface area contributed by atoms with Crippen LogP contribution in [0.3, 0.4) is 0 Å². The van der Waals surface area contributed by atoms with Crippen molar-refractivity contribution in [3.05, 3.63) is 0 Å². The van der Waals surface area contributed by atoms with Gasteiger partial charge in [0.05, 0.1) is 0 Å². The zero-order chi connectivity index (χ0) is 11.1. The Labute approximate surface area is 87.5 Å². The lowest BCUT2D eigenvalue weighted by Gasteiger charge is -2.09.